The van der Waals surface area contributed by atoms with Crippen LogP contribution in [0.25, 0.3) is 0 Å². The van der Waals surface area contributed by atoms with Crippen LogP contribution in [0.15, 0.2) is 15.7 Å². The van der Waals surface area contributed by atoms with Crippen molar-refractivity contribution in [2.24, 2.45) is 0 Å². The summed E-state index contributed by atoms with van der Waals surface area (Å²) in [6, 6.07) is 0.986. The summed E-state index contributed by atoms with van der Waals surface area (Å²) in [5.41, 5.74) is -2.58. The van der Waals surface area contributed by atoms with Gasteiger partial charge in [0.15, 0.2) is 0 Å². The molecule has 1 aromatic rings. The Morgan fingerprint density at radius 2 is 2.17 bits per heavy atom. The summed E-state index contributed by atoms with van der Waals surface area (Å²) < 4.78 is 0. The Kier molecular flexibility index (Phi) is 4.74. The minimum Gasteiger partial charge on any atom is -0.387 e. The van der Waals surface area contributed by atoms with E-state index in [-0.39, 0.29) is 12.2 Å². The first kappa shape index (κ1) is 14.5. The number of hydrogen-bond donors (Lipinski definition) is 4. The Morgan fingerprint density at radius 3 is 2.72 bits per heavy atom. The van der Waals surface area contributed by atoms with E-state index in [1.165, 1.54) is 11.8 Å². The summed E-state index contributed by atoms with van der Waals surface area (Å²) in [5, 5.41) is 12.3. The monoisotopic (exact) mass is 273 g/mol. The predicted molar refractivity (Wildman–Crippen MR) is 69.0 cm³/mol. The fourth-order valence-corrected chi connectivity index (χ4v) is 2.04. The average molecular weight is 273 g/mol. The molecule has 4 N–H and O–H groups in total. The molecule has 1 atom stereocenters. The third kappa shape index (κ3) is 4.38. The number of thioether (sulfide) groups is 1. The standard InChI is InChI=1S/C10H15N3O4S/c1-10(17,5-18-2)4-11-8(15)6-3-7(14)13-9(16)12-6/h3,17H,4-5H2,1-2H3,(H,11,15)(H2,12,13,14,16). The van der Waals surface area contributed by atoms with Crippen LogP contribution in [0.2, 0.25) is 0 Å². The highest BCUT2D eigenvalue weighted by atomic mass is 32.2. The molecule has 1 rings (SSSR count). The summed E-state index contributed by atoms with van der Waals surface area (Å²) >= 11 is 1.45. The van der Waals surface area contributed by atoms with Gasteiger partial charge in [-0.05, 0) is 13.2 Å². The lowest BCUT2D eigenvalue weighted by atomic mass is 10.1. The smallest absolute Gasteiger partial charge is 0.326 e. The van der Waals surface area contributed by atoms with Crippen molar-refractivity contribution in [2.45, 2.75) is 12.5 Å². The lowest BCUT2D eigenvalue weighted by Gasteiger charge is -2.22. The first-order valence-electron chi connectivity index (χ1n) is 5.17. The van der Waals surface area contributed by atoms with Crippen molar-refractivity contribution in [2.75, 3.05) is 18.6 Å². The van der Waals surface area contributed by atoms with Gasteiger partial charge in [-0.25, -0.2) is 4.79 Å². The van der Waals surface area contributed by atoms with Crippen molar-refractivity contribution in [3.63, 3.8) is 0 Å². The average Bonchev–Trinajstić information content (AvgIpc) is 2.24. The van der Waals surface area contributed by atoms with Crippen LogP contribution in [0.5, 0.6) is 0 Å². The highest BCUT2D eigenvalue weighted by Crippen LogP contribution is 2.09. The molecule has 0 aliphatic carbocycles. The molecular formula is C10H15N3O4S. The molecule has 0 radical (unpaired) electrons. The highest BCUT2D eigenvalue weighted by Gasteiger charge is 2.21. The molecule has 0 spiro atoms. The van der Waals surface area contributed by atoms with E-state index in [1.807, 2.05) is 11.2 Å². The molecule has 1 unspecified atom stereocenters. The molecule has 0 fully saturated rings. The predicted octanol–water partition coefficient (Wildman–Crippen LogP) is -1.09. The largest absolute Gasteiger partial charge is 0.387 e. The third-order valence-corrected chi connectivity index (χ3v) is 3.00. The minimum absolute atomic E-state index is 0.0293. The van der Waals surface area contributed by atoms with E-state index in [0.29, 0.717) is 5.75 Å². The Labute approximate surface area is 107 Å². The van der Waals surface area contributed by atoms with Crippen molar-refractivity contribution in [1.82, 2.24) is 15.3 Å². The molecular weight excluding hydrogens is 258 g/mol. The number of aromatic amines is 2. The Bertz CT molecular complexity index is 506. The van der Waals surface area contributed by atoms with Gasteiger partial charge >= 0.3 is 5.69 Å². The summed E-state index contributed by atoms with van der Waals surface area (Å²) in [5.74, 6) is -0.154. The van der Waals surface area contributed by atoms with Gasteiger partial charge in [-0.3, -0.25) is 14.6 Å². The highest BCUT2D eigenvalue weighted by molar-refractivity contribution is 7.98. The summed E-state index contributed by atoms with van der Waals surface area (Å²) in [7, 11) is 0. The van der Waals surface area contributed by atoms with Gasteiger partial charge in [-0.15, -0.1) is 0 Å². The van der Waals surface area contributed by atoms with Gasteiger partial charge in [0.1, 0.15) is 5.69 Å². The molecule has 7 nitrogen and oxygen atoms in total. The van der Waals surface area contributed by atoms with E-state index >= 15 is 0 Å². The van der Waals surface area contributed by atoms with Crippen LogP contribution >= 0.6 is 11.8 Å². The van der Waals surface area contributed by atoms with Crippen LogP contribution in [0, 0.1) is 0 Å². The molecule has 0 saturated carbocycles. The molecule has 100 valence electrons. The van der Waals surface area contributed by atoms with E-state index in [1.54, 1.807) is 6.92 Å². The lowest BCUT2D eigenvalue weighted by Crippen LogP contribution is -2.43. The zero-order valence-electron chi connectivity index (χ0n) is 10.1. The number of carbonyl (C=O) groups is 1. The molecule has 18 heavy (non-hydrogen) atoms. The molecule has 0 aliphatic heterocycles. The molecule has 0 bridgehead atoms. The van der Waals surface area contributed by atoms with Gasteiger partial charge in [-0.1, -0.05) is 0 Å². The second-order valence-corrected chi connectivity index (χ2v) is 4.98. The summed E-state index contributed by atoms with van der Waals surface area (Å²) in [6.45, 7) is 1.62. The van der Waals surface area contributed by atoms with Gasteiger partial charge in [-0.2, -0.15) is 11.8 Å². The van der Waals surface area contributed by atoms with Crippen molar-refractivity contribution in [3.05, 3.63) is 32.6 Å². The molecule has 1 amide bonds. The number of hydrogen-bond acceptors (Lipinski definition) is 5. The van der Waals surface area contributed by atoms with E-state index in [4.69, 9.17) is 0 Å². The zero-order chi connectivity index (χ0) is 13.8. The fraction of sp³-hybridized carbons (Fsp3) is 0.500. The maximum absolute atomic E-state index is 11.6. The first-order valence-corrected chi connectivity index (χ1v) is 6.56. The summed E-state index contributed by atoms with van der Waals surface area (Å²) in [6.07, 6.45) is 1.84. The SMILES string of the molecule is CSCC(C)(O)CNC(=O)c1cc(=O)[nH]c(=O)[nH]1. The number of carbonyl (C=O) groups excluding carboxylic acids is 1. The number of nitrogens with one attached hydrogen (secondary N) is 3. The third-order valence-electron chi connectivity index (χ3n) is 2.09. The van der Waals surface area contributed by atoms with Crippen molar-refractivity contribution < 1.29 is 9.90 Å². The molecule has 0 saturated heterocycles. The van der Waals surface area contributed by atoms with Crippen LogP contribution in [-0.4, -0.2) is 45.1 Å². The second kappa shape index (κ2) is 5.87. The van der Waals surface area contributed by atoms with Gasteiger partial charge in [0, 0.05) is 18.4 Å². The molecule has 0 aromatic carbocycles. The van der Waals surface area contributed by atoms with E-state index in [0.717, 1.165) is 6.07 Å². The van der Waals surface area contributed by atoms with E-state index < -0.39 is 22.8 Å². The number of amides is 1. The van der Waals surface area contributed by atoms with Crippen LogP contribution in [0.4, 0.5) is 0 Å². The lowest BCUT2D eigenvalue weighted by molar-refractivity contribution is 0.0722. The topological polar surface area (TPSA) is 115 Å². The number of aliphatic hydroxyl groups is 1. The molecule has 0 aliphatic rings. The Hall–Kier alpha value is -1.54. The number of rotatable bonds is 5. The first-order chi connectivity index (χ1) is 8.34. The number of aromatic nitrogens is 2. The van der Waals surface area contributed by atoms with Crippen molar-refractivity contribution in [1.29, 1.82) is 0 Å². The van der Waals surface area contributed by atoms with Crippen molar-refractivity contribution in [3.8, 4) is 0 Å². The maximum atomic E-state index is 11.6. The number of H-pyrrole nitrogens is 2. The minimum atomic E-state index is -1.05. The Morgan fingerprint density at radius 1 is 1.50 bits per heavy atom. The van der Waals surface area contributed by atoms with Crippen LogP contribution in [0.3, 0.4) is 0 Å². The maximum Gasteiger partial charge on any atom is 0.326 e. The van der Waals surface area contributed by atoms with Gasteiger partial charge in [0.05, 0.1) is 5.60 Å². The normalized spacial score (nSPS) is 13.9. The second-order valence-electron chi connectivity index (χ2n) is 4.11. The zero-order valence-corrected chi connectivity index (χ0v) is 10.9. The van der Waals surface area contributed by atoms with Crippen LogP contribution in [-0.2, 0) is 0 Å². The van der Waals surface area contributed by atoms with E-state index in [2.05, 4.69) is 10.3 Å². The van der Waals surface area contributed by atoms with E-state index in [9.17, 15) is 19.5 Å². The van der Waals surface area contributed by atoms with Gasteiger partial charge < -0.3 is 15.4 Å². The van der Waals surface area contributed by atoms with Gasteiger partial charge in [0.2, 0.25) is 0 Å². The molecule has 8 heteroatoms. The van der Waals surface area contributed by atoms with Crippen LogP contribution < -0.4 is 16.6 Å². The summed E-state index contributed by atoms with van der Waals surface area (Å²) in [4.78, 5) is 37.8. The fourth-order valence-electron chi connectivity index (χ4n) is 1.32. The molecule has 1 heterocycles. The van der Waals surface area contributed by atoms with Crippen molar-refractivity contribution >= 4 is 17.7 Å². The molecule has 1 aromatic heterocycles. The Balaban J connectivity index is 2.72. The van der Waals surface area contributed by atoms with Gasteiger partial charge in [0.25, 0.3) is 11.5 Å². The van der Waals surface area contributed by atoms with Crippen LogP contribution in [0.1, 0.15) is 17.4 Å². The quantitative estimate of drug-likeness (QED) is 0.544.